The summed E-state index contributed by atoms with van der Waals surface area (Å²) >= 11 is 2.02. The van der Waals surface area contributed by atoms with Crippen LogP contribution in [0.5, 0.6) is 0 Å². The van der Waals surface area contributed by atoms with Crippen molar-refractivity contribution in [1.82, 2.24) is 4.90 Å². The van der Waals surface area contributed by atoms with Crippen LogP contribution in [0, 0.1) is 0 Å². The van der Waals surface area contributed by atoms with Crippen LogP contribution in [0.15, 0.2) is 0 Å². The zero-order valence-electron chi connectivity index (χ0n) is 8.80. The van der Waals surface area contributed by atoms with Crippen molar-refractivity contribution in [3.8, 4) is 0 Å². The molecule has 1 aliphatic rings. The summed E-state index contributed by atoms with van der Waals surface area (Å²) < 4.78 is 0.394. The Morgan fingerprint density at radius 1 is 1.46 bits per heavy atom. The molecule has 1 saturated heterocycles. The maximum Gasteiger partial charge on any atom is 0.143 e. The van der Waals surface area contributed by atoms with Crippen molar-refractivity contribution in [2.75, 3.05) is 25.4 Å². The molecule has 0 aromatic rings. The van der Waals surface area contributed by atoms with E-state index >= 15 is 0 Å². The molecule has 0 unspecified atom stereocenters. The van der Waals surface area contributed by atoms with Gasteiger partial charge in [0.2, 0.25) is 0 Å². The monoisotopic (exact) mass is 201 g/mol. The zero-order valence-corrected chi connectivity index (χ0v) is 9.62. The molecule has 1 heterocycles. The van der Waals surface area contributed by atoms with Gasteiger partial charge in [-0.2, -0.15) is 11.8 Å². The van der Waals surface area contributed by atoms with Crippen LogP contribution in [0.1, 0.15) is 27.2 Å². The first-order valence-corrected chi connectivity index (χ1v) is 5.84. The molecule has 76 valence electrons. The fourth-order valence-electron chi connectivity index (χ4n) is 1.54. The number of hydrogen-bond donors (Lipinski definition) is 0. The molecule has 0 aromatic carbocycles. The van der Waals surface area contributed by atoms with Crippen molar-refractivity contribution < 1.29 is 4.79 Å². The van der Waals surface area contributed by atoms with Crippen LogP contribution < -0.4 is 0 Å². The minimum absolute atomic E-state index is 0.282. The van der Waals surface area contributed by atoms with Gasteiger partial charge >= 0.3 is 0 Å². The Hall–Kier alpha value is -0.0200. The molecular weight excluding hydrogens is 182 g/mol. The van der Waals surface area contributed by atoms with Crippen molar-refractivity contribution in [3.63, 3.8) is 0 Å². The predicted molar refractivity (Wildman–Crippen MR) is 58.3 cm³/mol. The Bertz CT molecular complexity index is 191. The largest absolute Gasteiger partial charge is 0.299 e. The SMILES string of the molecule is CC(=O)CN1CCSC(C)(C)CC1. The molecular formula is C10H19NOS. The molecule has 0 radical (unpaired) electrons. The van der Waals surface area contributed by atoms with Crippen LogP contribution in [-0.4, -0.2) is 40.8 Å². The van der Waals surface area contributed by atoms with E-state index in [1.807, 2.05) is 11.8 Å². The van der Waals surface area contributed by atoms with Gasteiger partial charge in [0.05, 0.1) is 6.54 Å². The summed E-state index contributed by atoms with van der Waals surface area (Å²) in [4.78, 5) is 13.2. The molecule has 3 heteroatoms. The molecule has 0 saturated carbocycles. The van der Waals surface area contributed by atoms with E-state index in [-0.39, 0.29) is 5.78 Å². The van der Waals surface area contributed by atoms with Crippen LogP contribution >= 0.6 is 11.8 Å². The van der Waals surface area contributed by atoms with E-state index in [4.69, 9.17) is 0 Å². The quantitative estimate of drug-likeness (QED) is 0.679. The van der Waals surface area contributed by atoms with Crippen molar-refractivity contribution in [2.24, 2.45) is 0 Å². The average Bonchev–Trinajstić information content (AvgIpc) is 2.12. The highest BCUT2D eigenvalue weighted by Crippen LogP contribution is 2.30. The van der Waals surface area contributed by atoms with E-state index < -0.39 is 0 Å². The van der Waals surface area contributed by atoms with Crippen molar-refractivity contribution in [3.05, 3.63) is 0 Å². The molecule has 0 aromatic heterocycles. The van der Waals surface area contributed by atoms with Crippen LogP contribution in [-0.2, 0) is 4.79 Å². The Labute approximate surface area is 85.1 Å². The fourth-order valence-corrected chi connectivity index (χ4v) is 2.67. The van der Waals surface area contributed by atoms with Crippen molar-refractivity contribution in [1.29, 1.82) is 0 Å². The maximum atomic E-state index is 10.9. The van der Waals surface area contributed by atoms with Crippen LogP contribution in [0.2, 0.25) is 0 Å². The van der Waals surface area contributed by atoms with Gasteiger partial charge < -0.3 is 0 Å². The second-order valence-corrected chi connectivity index (χ2v) is 6.14. The summed E-state index contributed by atoms with van der Waals surface area (Å²) in [6.07, 6.45) is 1.19. The summed E-state index contributed by atoms with van der Waals surface area (Å²) in [5.74, 6) is 1.44. The number of nitrogens with zero attached hydrogens (tertiary/aromatic N) is 1. The number of hydrogen-bond acceptors (Lipinski definition) is 3. The third-order valence-electron chi connectivity index (χ3n) is 2.38. The Kier molecular flexibility index (Phi) is 3.80. The molecule has 0 spiro atoms. The number of carbonyl (C=O) groups excluding carboxylic acids is 1. The predicted octanol–water partition coefficient (Wildman–Crippen LogP) is 1.79. The molecule has 0 atom stereocenters. The van der Waals surface area contributed by atoms with Gasteiger partial charge in [-0.1, -0.05) is 13.8 Å². The van der Waals surface area contributed by atoms with Gasteiger partial charge in [-0.3, -0.25) is 9.69 Å². The molecule has 0 aliphatic carbocycles. The smallest absolute Gasteiger partial charge is 0.143 e. The molecule has 1 rings (SSSR count). The summed E-state index contributed by atoms with van der Waals surface area (Å²) in [6.45, 7) is 9.01. The lowest BCUT2D eigenvalue weighted by Gasteiger charge is -2.21. The highest BCUT2D eigenvalue weighted by molar-refractivity contribution is 8.00. The van der Waals surface area contributed by atoms with Gasteiger partial charge in [0, 0.05) is 17.0 Å². The lowest BCUT2D eigenvalue weighted by molar-refractivity contribution is -0.118. The summed E-state index contributed by atoms with van der Waals surface area (Å²) in [7, 11) is 0. The number of Topliss-reactive ketones (excluding diaryl/α,β-unsaturated/α-hetero) is 1. The molecule has 1 fully saturated rings. The molecule has 2 nitrogen and oxygen atoms in total. The fraction of sp³-hybridized carbons (Fsp3) is 0.900. The lowest BCUT2D eigenvalue weighted by Crippen LogP contribution is -2.31. The maximum absolute atomic E-state index is 10.9. The van der Waals surface area contributed by atoms with E-state index in [9.17, 15) is 4.79 Å². The van der Waals surface area contributed by atoms with Crippen LogP contribution in [0.4, 0.5) is 0 Å². The molecule has 0 amide bonds. The first-order chi connectivity index (χ1) is 5.99. The first kappa shape index (κ1) is 11.1. The van der Waals surface area contributed by atoms with Gasteiger partial charge in [0.25, 0.3) is 0 Å². The normalized spacial score (nSPS) is 23.9. The summed E-state index contributed by atoms with van der Waals surface area (Å²) in [5.41, 5.74) is 0. The number of rotatable bonds is 2. The Morgan fingerprint density at radius 3 is 2.77 bits per heavy atom. The second-order valence-electron chi connectivity index (χ2n) is 4.34. The van der Waals surface area contributed by atoms with Gasteiger partial charge in [0.1, 0.15) is 5.78 Å². The number of ketones is 1. The van der Waals surface area contributed by atoms with Crippen molar-refractivity contribution in [2.45, 2.75) is 31.9 Å². The second kappa shape index (κ2) is 4.47. The third kappa shape index (κ3) is 4.14. The molecule has 0 N–H and O–H groups in total. The zero-order chi connectivity index (χ0) is 9.90. The topological polar surface area (TPSA) is 20.3 Å². The highest BCUT2D eigenvalue weighted by Gasteiger charge is 2.23. The van der Waals surface area contributed by atoms with E-state index in [1.54, 1.807) is 6.92 Å². The van der Waals surface area contributed by atoms with Gasteiger partial charge in [-0.05, 0) is 19.9 Å². The summed E-state index contributed by atoms with van der Waals surface area (Å²) in [6, 6.07) is 0. The third-order valence-corrected chi connectivity index (χ3v) is 3.75. The lowest BCUT2D eigenvalue weighted by atomic mass is 10.1. The number of carbonyl (C=O) groups is 1. The van der Waals surface area contributed by atoms with Crippen LogP contribution in [0.25, 0.3) is 0 Å². The van der Waals surface area contributed by atoms with Gasteiger partial charge in [-0.25, -0.2) is 0 Å². The van der Waals surface area contributed by atoms with Crippen LogP contribution in [0.3, 0.4) is 0 Å². The first-order valence-electron chi connectivity index (χ1n) is 4.85. The van der Waals surface area contributed by atoms with E-state index in [1.165, 1.54) is 6.42 Å². The Morgan fingerprint density at radius 2 is 2.15 bits per heavy atom. The number of thioether (sulfide) groups is 1. The van der Waals surface area contributed by atoms with E-state index in [0.29, 0.717) is 11.3 Å². The highest BCUT2D eigenvalue weighted by atomic mass is 32.2. The summed E-state index contributed by atoms with van der Waals surface area (Å²) in [5, 5.41) is 0. The standard InChI is InChI=1S/C10H19NOS/c1-9(12)8-11-5-4-10(2,3)13-7-6-11/h4-8H2,1-3H3. The molecule has 13 heavy (non-hydrogen) atoms. The molecule has 1 aliphatic heterocycles. The average molecular weight is 201 g/mol. The van der Waals surface area contributed by atoms with E-state index in [2.05, 4.69) is 18.7 Å². The van der Waals surface area contributed by atoms with E-state index in [0.717, 1.165) is 18.8 Å². The minimum atomic E-state index is 0.282. The van der Waals surface area contributed by atoms with Gasteiger partial charge in [0.15, 0.2) is 0 Å². The van der Waals surface area contributed by atoms with Crippen molar-refractivity contribution >= 4 is 17.5 Å². The Balaban J connectivity index is 2.40. The minimum Gasteiger partial charge on any atom is -0.299 e. The molecule has 0 bridgehead atoms. The van der Waals surface area contributed by atoms with Gasteiger partial charge in [-0.15, -0.1) is 0 Å².